The van der Waals surface area contributed by atoms with E-state index in [-0.39, 0.29) is 19.8 Å². The van der Waals surface area contributed by atoms with Crippen LogP contribution in [-0.4, -0.2) is 61.8 Å². The van der Waals surface area contributed by atoms with E-state index >= 15 is 0 Å². The van der Waals surface area contributed by atoms with Crippen LogP contribution in [0.2, 0.25) is 0 Å². The Morgan fingerprint density at radius 3 is 2.74 bits per heavy atom. The van der Waals surface area contributed by atoms with Crippen molar-refractivity contribution in [3.05, 3.63) is 42.2 Å². The van der Waals surface area contributed by atoms with E-state index in [4.69, 9.17) is 14.6 Å². The number of ether oxygens (including phenoxy) is 2. The highest BCUT2D eigenvalue weighted by Crippen LogP contribution is 2.24. The van der Waals surface area contributed by atoms with E-state index in [1.807, 2.05) is 30.3 Å². The second-order valence-electron chi connectivity index (χ2n) is 5.39. The summed E-state index contributed by atoms with van der Waals surface area (Å²) in [5, 5.41) is 37.1. The highest BCUT2D eigenvalue weighted by atomic mass is 16.5. The second-order valence-corrected chi connectivity index (χ2v) is 5.39. The van der Waals surface area contributed by atoms with Gasteiger partial charge in [-0.2, -0.15) is 0 Å². The number of aliphatic hydroxyl groups is 3. The van der Waals surface area contributed by atoms with Gasteiger partial charge in [-0.25, -0.2) is 4.68 Å². The zero-order chi connectivity index (χ0) is 16.2. The van der Waals surface area contributed by atoms with E-state index in [1.54, 1.807) is 6.20 Å². The van der Waals surface area contributed by atoms with Crippen LogP contribution in [0.25, 0.3) is 0 Å². The van der Waals surface area contributed by atoms with E-state index in [9.17, 15) is 10.2 Å². The van der Waals surface area contributed by atoms with Gasteiger partial charge in [0.1, 0.15) is 42.4 Å². The predicted octanol–water partition coefficient (Wildman–Crippen LogP) is -0.489. The highest BCUT2D eigenvalue weighted by Gasteiger charge is 2.39. The Morgan fingerprint density at radius 1 is 1.22 bits per heavy atom. The fraction of sp³-hybridized carbons (Fsp3) is 0.467. The molecule has 23 heavy (non-hydrogen) atoms. The molecule has 0 unspecified atom stereocenters. The van der Waals surface area contributed by atoms with Crippen LogP contribution in [-0.2, 0) is 11.3 Å². The quantitative estimate of drug-likeness (QED) is 0.681. The Balaban J connectivity index is 1.63. The van der Waals surface area contributed by atoms with Crippen molar-refractivity contribution in [3.8, 4) is 5.75 Å². The first-order valence-electron chi connectivity index (χ1n) is 7.36. The van der Waals surface area contributed by atoms with Crippen molar-refractivity contribution < 1.29 is 24.8 Å². The van der Waals surface area contributed by atoms with Gasteiger partial charge in [0.2, 0.25) is 0 Å². The fourth-order valence-electron chi connectivity index (χ4n) is 2.48. The minimum atomic E-state index is -1.17. The third kappa shape index (κ3) is 3.50. The van der Waals surface area contributed by atoms with Crippen LogP contribution in [0.15, 0.2) is 36.5 Å². The molecule has 0 spiro atoms. The second kappa shape index (κ2) is 7.05. The van der Waals surface area contributed by atoms with Gasteiger partial charge < -0.3 is 24.8 Å². The number of hydrogen-bond donors (Lipinski definition) is 3. The van der Waals surface area contributed by atoms with Gasteiger partial charge in [-0.05, 0) is 12.1 Å². The molecule has 8 heteroatoms. The maximum atomic E-state index is 10.1. The lowest BCUT2D eigenvalue weighted by atomic mass is 9.98. The molecule has 3 N–H and O–H groups in total. The normalized spacial score (nSPS) is 27.8. The lowest BCUT2D eigenvalue weighted by Crippen LogP contribution is -2.52. The van der Waals surface area contributed by atoms with E-state index in [0.717, 1.165) is 5.75 Å². The number of benzene rings is 1. The summed E-state index contributed by atoms with van der Waals surface area (Å²) in [6.07, 6.45) is -1.41. The zero-order valence-corrected chi connectivity index (χ0v) is 12.4. The van der Waals surface area contributed by atoms with Crippen LogP contribution in [0.4, 0.5) is 0 Å². The van der Waals surface area contributed by atoms with Crippen molar-refractivity contribution in [2.75, 3.05) is 13.2 Å². The van der Waals surface area contributed by atoms with E-state index in [2.05, 4.69) is 10.3 Å². The van der Waals surface area contributed by atoms with Crippen LogP contribution in [0.5, 0.6) is 5.75 Å². The fourth-order valence-corrected chi connectivity index (χ4v) is 2.48. The number of aromatic nitrogens is 3. The van der Waals surface area contributed by atoms with Crippen molar-refractivity contribution in [1.29, 1.82) is 0 Å². The van der Waals surface area contributed by atoms with E-state index in [0.29, 0.717) is 5.69 Å². The molecule has 4 atom stereocenters. The number of nitrogens with zero attached hydrogens (tertiary/aromatic N) is 3. The molecule has 8 nitrogen and oxygen atoms in total. The molecule has 1 aromatic carbocycles. The topological polar surface area (TPSA) is 110 Å². The molecule has 2 heterocycles. The monoisotopic (exact) mass is 321 g/mol. The molecule has 2 aromatic rings. The molecule has 1 aromatic heterocycles. The van der Waals surface area contributed by atoms with Crippen molar-refractivity contribution in [3.63, 3.8) is 0 Å². The summed E-state index contributed by atoms with van der Waals surface area (Å²) in [5.74, 6) is 0.726. The maximum Gasteiger partial charge on any atom is 0.134 e. The van der Waals surface area contributed by atoms with Crippen molar-refractivity contribution in [2.45, 2.75) is 31.0 Å². The number of aliphatic hydroxyl groups excluding tert-OH is 3. The Bertz CT molecular complexity index is 621. The van der Waals surface area contributed by atoms with Gasteiger partial charge in [-0.15, -0.1) is 5.10 Å². The molecule has 0 radical (unpaired) electrons. The molecular formula is C15H19N3O5. The third-order valence-electron chi connectivity index (χ3n) is 3.81. The van der Waals surface area contributed by atoms with Crippen molar-refractivity contribution >= 4 is 0 Å². The Labute approximate surface area is 132 Å². The van der Waals surface area contributed by atoms with E-state index in [1.165, 1.54) is 4.68 Å². The molecule has 3 rings (SSSR count). The average Bonchev–Trinajstić information content (AvgIpc) is 3.05. The third-order valence-corrected chi connectivity index (χ3v) is 3.81. The van der Waals surface area contributed by atoms with E-state index < -0.39 is 24.4 Å². The van der Waals surface area contributed by atoms with Gasteiger partial charge in [-0.1, -0.05) is 23.4 Å². The molecule has 0 amide bonds. The standard InChI is InChI=1S/C15H19N3O5/c19-7-13-15(21)14(20)12(9-23-13)18-6-10(16-17-18)8-22-11-4-2-1-3-5-11/h1-6,12-15,19-21H,7-9H2/t12-,13+,14+,15-/m0/s1. The SMILES string of the molecule is OC[C@H]1OC[C@H](n2cc(COc3ccccc3)nn2)[C@@H](O)[C@H]1O. The van der Waals surface area contributed by atoms with Crippen molar-refractivity contribution in [2.24, 2.45) is 0 Å². The largest absolute Gasteiger partial charge is 0.487 e. The summed E-state index contributed by atoms with van der Waals surface area (Å²) in [6.45, 7) is 0.0275. The first kappa shape index (κ1) is 15.9. The minimum Gasteiger partial charge on any atom is -0.487 e. The maximum absolute atomic E-state index is 10.1. The molecule has 0 aliphatic carbocycles. The molecule has 1 fully saturated rings. The molecule has 124 valence electrons. The highest BCUT2D eigenvalue weighted by molar-refractivity contribution is 5.21. The Kier molecular flexibility index (Phi) is 4.87. The van der Waals surface area contributed by atoms with Crippen LogP contribution in [0.1, 0.15) is 11.7 Å². The molecule has 0 saturated carbocycles. The molecular weight excluding hydrogens is 302 g/mol. The zero-order valence-electron chi connectivity index (χ0n) is 12.4. The lowest BCUT2D eigenvalue weighted by Gasteiger charge is -2.36. The van der Waals surface area contributed by atoms with Gasteiger partial charge in [0.15, 0.2) is 0 Å². The Hall–Kier alpha value is -2.00. The van der Waals surface area contributed by atoms with Gasteiger partial charge in [0, 0.05) is 0 Å². The first-order chi connectivity index (χ1) is 11.2. The molecule has 1 aliphatic rings. The van der Waals surface area contributed by atoms with Gasteiger partial charge in [-0.3, -0.25) is 0 Å². The van der Waals surface area contributed by atoms with Gasteiger partial charge in [0.25, 0.3) is 0 Å². The van der Waals surface area contributed by atoms with Crippen LogP contribution < -0.4 is 4.74 Å². The van der Waals surface area contributed by atoms with Crippen LogP contribution >= 0.6 is 0 Å². The Morgan fingerprint density at radius 2 is 2.00 bits per heavy atom. The summed E-state index contributed by atoms with van der Waals surface area (Å²) in [7, 11) is 0. The summed E-state index contributed by atoms with van der Waals surface area (Å²) in [4.78, 5) is 0. The summed E-state index contributed by atoms with van der Waals surface area (Å²) in [6, 6.07) is 8.77. The molecule has 0 bridgehead atoms. The summed E-state index contributed by atoms with van der Waals surface area (Å²) >= 11 is 0. The summed E-state index contributed by atoms with van der Waals surface area (Å²) < 4.78 is 12.4. The lowest BCUT2D eigenvalue weighted by molar-refractivity contribution is -0.171. The predicted molar refractivity (Wildman–Crippen MR) is 78.7 cm³/mol. The van der Waals surface area contributed by atoms with Crippen LogP contribution in [0.3, 0.4) is 0 Å². The number of rotatable bonds is 5. The smallest absolute Gasteiger partial charge is 0.134 e. The van der Waals surface area contributed by atoms with Crippen LogP contribution in [0, 0.1) is 0 Å². The summed E-state index contributed by atoms with van der Waals surface area (Å²) in [5.41, 5.74) is 0.597. The first-order valence-corrected chi connectivity index (χ1v) is 7.36. The molecule has 1 aliphatic heterocycles. The molecule has 1 saturated heterocycles. The average molecular weight is 321 g/mol. The number of para-hydroxylation sites is 1. The van der Waals surface area contributed by atoms with Gasteiger partial charge >= 0.3 is 0 Å². The van der Waals surface area contributed by atoms with Crippen molar-refractivity contribution in [1.82, 2.24) is 15.0 Å². The minimum absolute atomic E-state index is 0.131. The number of hydrogen-bond acceptors (Lipinski definition) is 7. The van der Waals surface area contributed by atoms with Gasteiger partial charge in [0.05, 0.1) is 19.4 Å².